The molecule has 0 bridgehead atoms. The number of fused-ring (bicyclic) bond motifs is 2. The van der Waals surface area contributed by atoms with Crippen molar-refractivity contribution >= 4 is 21.8 Å². The van der Waals surface area contributed by atoms with Gasteiger partial charge in [-0.05, 0) is 46.8 Å². The molecule has 26 heavy (non-hydrogen) atoms. The summed E-state index contributed by atoms with van der Waals surface area (Å²) in [6.45, 7) is 2.26. The van der Waals surface area contributed by atoms with E-state index >= 15 is 0 Å². The average molecular weight is 336 g/mol. The van der Waals surface area contributed by atoms with Crippen LogP contribution in [0.2, 0.25) is 0 Å². The lowest BCUT2D eigenvalue weighted by Gasteiger charge is -2.11. The highest BCUT2D eigenvalue weighted by Gasteiger charge is 2.13. The van der Waals surface area contributed by atoms with Crippen molar-refractivity contribution in [1.29, 1.82) is 0 Å². The highest BCUT2D eigenvalue weighted by molar-refractivity contribution is 5.86. The first-order valence-electron chi connectivity index (χ1n) is 9.04. The number of hydrogen-bond donors (Lipinski definition) is 2. The van der Waals surface area contributed by atoms with E-state index in [1.807, 2.05) is 0 Å². The maximum atomic E-state index is 3.57. The third kappa shape index (κ3) is 2.51. The van der Waals surface area contributed by atoms with Gasteiger partial charge in [-0.3, -0.25) is 0 Å². The minimum Gasteiger partial charge on any atom is -0.358 e. The molecule has 5 aromatic rings. The number of para-hydroxylation sites is 2. The summed E-state index contributed by atoms with van der Waals surface area (Å²) in [4.78, 5) is 7.10. The highest BCUT2D eigenvalue weighted by Crippen LogP contribution is 2.30. The topological polar surface area (TPSA) is 31.6 Å². The Kier molecular flexibility index (Phi) is 3.42. The summed E-state index contributed by atoms with van der Waals surface area (Å²) in [5.41, 5.74) is 7.32. The Balaban J connectivity index is 1.54. The Bertz CT molecular complexity index is 1140. The number of hydrogen-bond acceptors (Lipinski definition) is 0. The second-order valence-electron chi connectivity index (χ2n) is 6.93. The van der Waals surface area contributed by atoms with Crippen LogP contribution in [0, 0.1) is 0 Å². The Morgan fingerprint density at radius 2 is 1.35 bits per heavy atom. The van der Waals surface area contributed by atoms with Crippen LogP contribution in [-0.4, -0.2) is 9.97 Å². The first-order valence-corrected chi connectivity index (χ1v) is 9.04. The fraction of sp³-hybridized carbons (Fsp3) is 0.0833. The van der Waals surface area contributed by atoms with E-state index in [0.29, 0.717) is 5.92 Å². The van der Waals surface area contributed by atoms with Crippen LogP contribution in [-0.2, 0) is 0 Å². The van der Waals surface area contributed by atoms with E-state index in [0.717, 1.165) is 5.69 Å². The van der Waals surface area contributed by atoms with Crippen molar-refractivity contribution in [3.05, 3.63) is 96.2 Å². The molecule has 0 saturated carbocycles. The first-order chi connectivity index (χ1) is 12.8. The second-order valence-corrected chi connectivity index (χ2v) is 6.93. The predicted octanol–water partition coefficient (Wildman–Crippen LogP) is 6.47. The maximum absolute atomic E-state index is 3.57. The molecule has 2 aromatic heterocycles. The Hall–Kier alpha value is -3.26. The Morgan fingerprint density at radius 3 is 2.08 bits per heavy atom. The summed E-state index contributed by atoms with van der Waals surface area (Å²) in [5, 5.41) is 2.51. The minimum absolute atomic E-state index is 0.312. The number of rotatable bonds is 3. The molecule has 126 valence electrons. The van der Waals surface area contributed by atoms with E-state index in [4.69, 9.17) is 0 Å². The summed E-state index contributed by atoms with van der Waals surface area (Å²) in [5.74, 6) is 0.312. The minimum atomic E-state index is 0.312. The highest BCUT2D eigenvalue weighted by atomic mass is 14.7. The summed E-state index contributed by atoms with van der Waals surface area (Å²) < 4.78 is 0. The van der Waals surface area contributed by atoms with Crippen molar-refractivity contribution < 1.29 is 0 Å². The normalized spacial score (nSPS) is 12.7. The van der Waals surface area contributed by atoms with Gasteiger partial charge in [0.05, 0.1) is 0 Å². The molecule has 0 aliphatic heterocycles. The predicted molar refractivity (Wildman–Crippen MR) is 110 cm³/mol. The summed E-state index contributed by atoms with van der Waals surface area (Å²) >= 11 is 0. The van der Waals surface area contributed by atoms with Gasteiger partial charge in [0.25, 0.3) is 0 Å². The van der Waals surface area contributed by atoms with Gasteiger partial charge in [0.15, 0.2) is 0 Å². The van der Waals surface area contributed by atoms with Crippen LogP contribution < -0.4 is 0 Å². The van der Waals surface area contributed by atoms with Crippen molar-refractivity contribution in [2.24, 2.45) is 0 Å². The largest absolute Gasteiger partial charge is 0.358 e. The smallest absolute Gasteiger partial charge is 0.0464 e. The molecule has 0 spiro atoms. The SMILES string of the molecule is CC(c1cccc(-c2cc3ccccc3[nH]2)c1)c1cc2ccccc2[nH]1. The number of aromatic nitrogens is 2. The van der Waals surface area contributed by atoms with Crippen LogP contribution in [0.25, 0.3) is 33.1 Å². The van der Waals surface area contributed by atoms with Crippen molar-refractivity contribution in [3.63, 3.8) is 0 Å². The molecule has 2 nitrogen and oxygen atoms in total. The molecule has 1 unspecified atom stereocenters. The molecule has 0 saturated heterocycles. The zero-order valence-corrected chi connectivity index (χ0v) is 14.7. The van der Waals surface area contributed by atoms with Gasteiger partial charge in [-0.25, -0.2) is 0 Å². The van der Waals surface area contributed by atoms with Crippen molar-refractivity contribution in [3.8, 4) is 11.3 Å². The molecule has 2 heterocycles. The van der Waals surface area contributed by atoms with E-state index in [1.54, 1.807) is 0 Å². The van der Waals surface area contributed by atoms with Gasteiger partial charge in [-0.1, -0.05) is 61.5 Å². The second kappa shape index (κ2) is 5.92. The van der Waals surface area contributed by atoms with Crippen LogP contribution in [0.3, 0.4) is 0 Å². The van der Waals surface area contributed by atoms with Gasteiger partial charge in [0.1, 0.15) is 0 Å². The number of aromatic amines is 2. The van der Waals surface area contributed by atoms with E-state index in [-0.39, 0.29) is 0 Å². The molecule has 3 aromatic carbocycles. The van der Waals surface area contributed by atoms with E-state index in [1.165, 1.54) is 38.6 Å². The molecule has 0 amide bonds. The van der Waals surface area contributed by atoms with Crippen LogP contribution >= 0.6 is 0 Å². The molecular formula is C24H20N2. The summed E-state index contributed by atoms with van der Waals surface area (Å²) in [6, 6.07) is 30.2. The molecular weight excluding hydrogens is 316 g/mol. The van der Waals surface area contributed by atoms with Crippen LogP contribution in [0.1, 0.15) is 24.1 Å². The van der Waals surface area contributed by atoms with Crippen molar-refractivity contribution in [2.75, 3.05) is 0 Å². The zero-order chi connectivity index (χ0) is 17.5. The molecule has 5 rings (SSSR count). The van der Waals surface area contributed by atoms with Gasteiger partial charge >= 0.3 is 0 Å². The Morgan fingerprint density at radius 1 is 0.654 bits per heavy atom. The molecule has 2 heteroatoms. The lowest BCUT2D eigenvalue weighted by atomic mass is 9.95. The average Bonchev–Trinajstić information content (AvgIpc) is 3.31. The van der Waals surface area contributed by atoms with Gasteiger partial charge < -0.3 is 9.97 Å². The first kappa shape index (κ1) is 15.0. The molecule has 0 aliphatic carbocycles. The van der Waals surface area contributed by atoms with Gasteiger partial charge in [0.2, 0.25) is 0 Å². The molecule has 0 aliphatic rings. The van der Waals surface area contributed by atoms with Crippen LogP contribution in [0.5, 0.6) is 0 Å². The molecule has 0 radical (unpaired) electrons. The summed E-state index contributed by atoms with van der Waals surface area (Å²) in [7, 11) is 0. The fourth-order valence-electron chi connectivity index (χ4n) is 3.71. The maximum Gasteiger partial charge on any atom is 0.0464 e. The fourth-order valence-corrected chi connectivity index (χ4v) is 3.71. The van der Waals surface area contributed by atoms with Crippen LogP contribution in [0.4, 0.5) is 0 Å². The zero-order valence-electron chi connectivity index (χ0n) is 14.7. The van der Waals surface area contributed by atoms with E-state index < -0.39 is 0 Å². The lowest BCUT2D eigenvalue weighted by Crippen LogP contribution is -1.96. The monoisotopic (exact) mass is 336 g/mol. The quantitative estimate of drug-likeness (QED) is 0.378. The lowest BCUT2D eigenvalue weighted by molar-refractivity contribution is 0.888. The third-order valence-electron chi connectivity index (χ3n) is 5.24. The van der Waals surface area contributed by atoms with Gasteiger partial charge in [-0.2, -0.15) is 0 Å². The van der Waals surface area contributed by atoms with Crippen molar-refractivity contribution in [2.45, 2.75) is 12.8 Å². The standard InChI is InChI=1S/C24H20N2/c1-16(23-14-19-7-2-4-11-21(19)25-23)17-9-6-10-18(13-17)24-15-20-8-3-5-12-22(20)26-24/h2-16,25-26H,1H3. The Labute approximate surface area is 152 Å². The van der Waals surface area contributed by atoms with Crippen molar-refractivity contribution in [1.82, 2.24) is 9.97 Å². The van der Waals surface area contributed by atoms with E-state index in [9.17, 15) is 0 Å². The molecule has 2 N–H and O–H groups in total. The summed E-state index contributed by atoms with van der Waals surface area (Å²) in [6.07, 6.45) is 0. The van der Waals surface area contributed by atoms with E-state index in [2.05, 4.69) is 102 Å². The number of benzene rings is 3. The third-order valence-corrected chi connectivity index (χ3v) is 5.24. The number of nitrogens with one attached hydrogen (secondary N) is 2. The van der Waals surface area contributed by atoms with Crippen LogP contribution in [0.15, 0.2) is 84.9 Å². The molecule has 1 atom stereocenters. The van der Waals surface area contributed by atoms with Gasteiger partial charge in [0, 0.05) is 33.7 Å². The molecule has 0 fully saturated rings. The number of H-pyrrole nitrogens is 2. The van der Waals surface area contributed by atoms with Gasteiger partial charge in [-0.15, -0.1) is 0 Å².